The first-order valence-corrected chi connectivity index (χ1v) is 4.19. The van der Waals surface area contributed by atoms with Crippen molar-refractivity contribution >= 4 is 5.69 Å². The van der Waals surface area contributed by atoms with Crippen LogP contribution in [0.15, 0.2) is 0 Å². The number of aliphatic hydroxyl groups excluding tert-OH is 1. The number of anilines is 1. The fraction of sp³-hybridized carbons (Fsp3) is 0.625. The zero-order valence-electron chi connectivity index (χ0n) is 7.95. The molecule has 0 fully saturated rings. The van der Waals surface area contributed by atoms with E-state index in [2.05, 4.69) is 5.10 Å². The van der Waals surface area contributed by atoms with E-state index in [0.717, 1.165) is 5.69 Å². The van der Waals surface area contributed by atoms with Crippen LogP contribution in [0.1, 0.15) is 12.1 Å². The molecule has 1 aromatic heterocycles. The lowest BCUT2D eigenvalue weighted by molar-refractivity contribution is 0.224. The molecule has 0 bridgehead atoms. The number of nitrogens with zero attached hydrogens (tertiary/aromatic N) is 2. The molecule has 0 aliphatic heterocycles. The standard InChI is InChI=1S/C8H15N3O2/c1-6-7(9)8(11(2)10-6)13-5-3-4-12/h12H,3-5,9H2,1-2H3. The highest BCUT2D eigenvalue weighted by Gasteiger charge is 2.10. The molecular formula is C8H15N3O2. The van der Waals surface area contributed by atoms with Crippen LogP contribution in [-0.2, 0) is 7.05 Å². The summed E-state index contributed by atoms with van der Waals surface area (Å²) in [5.74, 6) is 0.575. The molecule has 0 aliphatic rings. The molecule has 0 aromatic carbocycles. The van der Waals surface area contributed by atoms with Crippen molar-refractivity contribution in [3.05, 3.63) is 5.69 Å². The lowest BCUT2D eigenvalue weighted by Gasteiger charge is -2.05. The second-order valence-corrected chi connectivity index (χ2v) is 2.85. The molecule has 13 heavy (non-hydrogen) atoms. The lowest BCUT2D eigenvalue weighted by Crippen LogP contribution is -2.05. The van der Waals surface area contributed by atoms with Crippen LogP contribution in [0.5, 0.6) is 5.88 Å². The smallest absolute Gasteiger partial charge is 0.235 e. The Balaban J connectivity index is 2.64. The summed E-state index contributed by atoms with van der Waals surface area (Å²) < 4.78 is 6.94. The van der Waals surface area contributed by atoms with Crippen LogP contribution in [0.2, 0.25) is 0 Å². The van der Waals surface area contributed by atoms with Gasteiger partial charge in [0.15, 0.2) is 0 Å². The highest BCUT2D eigenvalue weighted by Crippen LogP contribution is 2.23. The van der Waals surface area contributed by atoms with Crippen LogP contribution < -0.4 is 10.5 Å². The van der Waals surface area contributed by atoms with Gasteiger partial charge in [0.05, 0.1) is 12.3 Å². The van der Waals surface area contributed by atoms with Crippen molar-refractivity contribution in [1.29, 1.82) is 0 Å². The predicted molar refractivity (Wildman–Crippen MR) is 49.6 cm³/mol. The van der Waals surface area contributed by atoms with Crippen molar-refractivity contribution in [3.8, 4) is 5.88 Å². The first kappa shape index (κ1) is 9.85. The molecule has 1 rings (SSSR count). The molecule has 0 radical (unpaired) electrons. The molecule has 0 atom stereocenters. The summed E-state index contributed by atoms with van der Waals surface area (Å²) in [5, 5.41) is 12.6. The zero-order valence-corrected chi connectivity index (χ0v) is 7.95. The summed E-state index contributed by atoms with van der Waals surface area (Å²) in [6.07, 6.45) is 0.601. The monoisotopic (exact) mass is 185 g/mol. The summed E-state index contributed by atoms with van der Waals surface area (Å²) in [6, 6.07) is 0. The molecule has 0 aliphatic carbocycles. The third kappa shape index (κ3) is 2.12. The quantitative estimate of drug-likeness (QED) is 0.651. The molecule has 0 saturated carbocycles. The van der Waals surface area contributed by atoms with E-state index in [0.29, 0.717) is 24.6 Å². The molecule has 74 valence electrons. The van der Waals surface area contributed by atoms with Gasteiger partial charge >= 0.3 is 0 Å². The molecular weight excluding hydrogens is 170 g/mol. The van der Waals surface area contributed by atoms with E-state index in [9.17, 15) is 0 Å². The predicted octanol–water partition coefficient (Wildman–Crippen LogP) is 0.0719. The molecule has 0 saturated heterocycles. The Labute approximate surface area is 77.1 Å². The molecule has 5 heteroatoms. The molecule has 5 nitrogen and oxygen atoms in total. The summed E-state index contributed by atoms with van der Waals surface area (Å²) >= 11 is 0. The summed E-state index contributed by atoms with van der Waals surface area (Å²) in [6.45, 7) is 2.41. The van der Waals surface area contributed by atoms with Gasteiger partial charge in [-0.15, -0.1) is 0 Å². The average Bonchev–Trinajstić information content (AvgIpc) is 2.32. The van der Waals surface area contributed by atoms with E-state index in [1.165, 1.54) is 0 Å². The van der Waals surface area contributed by atoms with E-state index in [1.54, 1.807) is 11.7 Å². The number of rotatable bonds is 4. The molecule has 0 spiro atoms. The third-order valence-corrected chi connectivity index (χ3v) is 1.76. The van der Waals surface area contributed by atoms with Crippen molar-refractivity contribution in [3.63, 3.8) is 0 Å². The van der Waals surface area contributed by atoms with Gasteiger partial charge in [0.1, 0.15) is 5.69 Å². The van der Waals surface area contributed by atoms with E-state index in [4.69, 9.17) is 15.6 Å². The van der Waals surface area contributed by atoms with Gasteiger partial charge in [-0.25, -0.2) is 4.68 Å². The Morgan fingerprint density at radius 1 is 1.62 bits per heavy atom. The Hall–Kier alpha value is -1.23. The Kier molecular flexibility index (Phi) is 3.13. The summed E-state index contributed by atoms with van der Waals surface area (Å²) in [4.78, 5) is 0. The Morgan fingerprint density at radius 3 is 2.77 bits per heavy atom. The maximum absolute atomic E-state index is 8.55. The topological polar surface area (TPSA) is 73.3 Å². The highest BCUT2D eigenvalue weighted by atomic mass is 16.5. The van der Waals surface area contributed by atoms with Crippen LogP contribution in [0.3, 0.4) is 0 Å². The molecule has 0 amide bonds. The largest absolute Gasteiger partial charge is 0.476 e. The number of hydrogen-bond acceptors (Lipinski definition) is 4. The van der Waals surface area contributed by atoms with Crippen LogP contribution in [-0.4, -0.2) is 28.1 Å². The second-order valence-electron chi connectivity index (χ2n) is 2.85. The first-order chi connectivity index (χ1) is 6.16. The number of aromatic nitrogens is 2. The minimum Gasteiger partial charge on any atom is -0.476 e. The van der Waals surface area contributed by atoms with Gasteiger partial charge < -0.3 is 15.6 Å². The van der Waals surface area contributed by atoms with Crippen LogP contribution in [0, 0.1) is 6.92 Å². The minimum atomic E-state index is 0.122. The molecule has 1 aromatic rings. The van der Waals surface area contributed by atoms with Crippen LogP contribution >= 0.6 is 0 Å². The summed E-state index contributed by atoms with van der Waals surface area (Å²) in [7, 11) is 1.78. The van der Waals surface area contributed by atoms with Gasteiger partial charge in [-0.05, 0) is 6.92 Å². The average molecular weight is 185 g/mol. The maximum atomic E-state index is 8.55. The van der Waals surface area contributed by atoms with Crippen molar-refractivity contribution in [2.24, 2.45) is 7.05 Å². The normalized spacial score (nSPS) is 10.4. The van der Waals surface area contributed by atoms with E-state index in [-0.39, 0.29) is 6.61 Å². The molecule has 3 N–H and O–H groups in total. The van der Waals surface area contributed by atoms with Crippen LogP contribution in [0.4, 0.5) is 5.69 Å². The number of ether oxygens (including phenoxy) is 1. The van der Waals surface area contributed by atoms with Crippen molar-refractivity contribution < 1.29 is 9.84 Å². The fourth-order valence-electron chi connectivity index (χ4n) is 1.06. The number of nitrogen functional groups attached to an aromatic ring is 1. The second kappa shape index (κ2) is 4.13. The zero-order chi connectivity index (χ0) is 9.84. The van der Waals surface area contributed by atoms with Gasteiger partial charge in [-0.2, -0.15) is 5.10 Å². The van der Waals surface area contributed by atoms with Crippen molar-refractivity contribution in [2.75, 3.05) is 18.9 Å². The summed E-state index contributed by atoms with van der Waals surface area (Å²) in [5.41, 5.74) is 7.05. The van der Waals surface area contributed by atoms with Crippen LogP contribution in [0.25, 0.3) is 0 Å². The maximum Gasteiger partial charge on any atom is 0.235 e. The van der Waals surface area contributed by atoms with Gasteiger partial charge in [-0.1, -0.05) is 0 Å². The van der Waals surface area contributed by atoms with Crippen molar-refractivity contribution in [2.45, 2.75) is 13.3 Å². The number of nitrogens with two attached hydrogens (primary N) is 1. The number of aryl methyl sites for hydroxylation is 2. The highest BCUT2D eigenvalue weighted by molar-refractivity contribution is 5.52. The van der Waals surface area contributed by atoms with Crippen molar-refractivity contribution in [1.82, 2.24) is 9.78 Å². The third-order valence-electron chi connectivity index (χ3n) is 1.76. The number of aliphatic hydroxyl groups is 1. The first-order valence-electron chi connectivity index (χ1n) is 4.19. The van der Waals surface area contributed by atoms with Gasteiger partial charge in [0.25, 0.3) is 0 Å². The van der Waals surface area contributed by atoms with Gasteiger partial charge in [-0.3, -0.25) is 0 Å². The van der Waals surface area contributed by atoms with Gasteiger partial charge in [0, 0.05) is 20.1 Å². The molecule has 1 heterocycles. The SMILES string of the molecule is Cc1nn(C)c(OCCCO)c1N. The van der Waals surface area contributed by atoms with E-state index < -0.39 is 0 Å². The minimum absolute atomic E-state index is 0.122. The van der Waals surface area contributed by atoms with E-state index in [1.807, 2.05) is 6.92 Å². The molecule has 0 unspecified atom stereocenters. The Bertz CT molecular complexity index is 283. The van der Waals surface area contributed by atoms with Gasteiger partial charge in [0.2, 0.25) is 5.88 Å². The Morgan fingerprint density at radius 2 is 2.31 bits per heavy atom. The number of hydrogen-bond donors (Lipinski definition) is 2. The lowest BCUT2D eigenvalue weighted by atomic mass is 10.4. The van der Waals surface area contributed by atoms with E-state index >= 15 is 0 Å². The fourth-order valence-corrected chi connectivity index (χ4v) is 1.06.